The third-order valence-electron chi connectivity index (χ3n) is 12.2. The number of carbonyl (C=O) groups is 2. The minimum Gasteiger partial charge on any atom is -0.390 e. The number of benzene rings is 2. The van der Waals surface area contributed by atoms with Gasteiger partial charge in [-0.1, -0.05) is 74.0 Å². The molecule has 4 aliphatic carbocycles. The molecule has 1 saturated heterocycles. The fraction of sp³-hybridized carbons (Fsp3) is 0.514. The van der Waals surface area contributed by atoms with Crippen LogP contribution in [0.1, 0.15) is 74.5 Å². The van der Waals surface area contributed by atoms with Crippen molar-refractivity contribution in [1.29, 1.82) is 0 Å². The molecular weight excluding hydrogens is 578 g/mol. The molecule has 1 heterocycles. The number of aliphatic hydroxyl groups excluding tert-OH is 2. The average Bonchev–Trinajstić information content (AvgIpc) is 3.52. The SMILES string of the molecule is Cc1ccc([C@@H](C)c2ccc([C@@H]3O[C@@H]4C[C@H]5[C@@H]6C[C@H](F)C7=CC(=O)C=C[C@]7(C)[C@@]6(F)[C@@H](O)C[C@]5(C)[C@]4(C(=O)CO)O3)cc2)cc1. The van der Waals surface area contributed by atoms with Gasteiger partial charge in [-0.3, -0.25) is 9.59 Å². The molecule has 0 aromatic heterocycles. The van der Waals surface area contributed by atoms with E-state index in [1.54, 1.807) is 13.8 Å². The second kappa shape index (κ2) is 10.2. The number of rotatable bonds is 5. The summed E-state index contributed by atoms with van der Waals surface area (Å²) in [4.78, 5) is 25.9. The maximum Gasteiger partial charge on any atom is 0.193 e. The van der Waals surface area contributed by atoms with Crippen LogP contribution < -0.4 is 0 Å². The van der Waals surface area contributed by atoms with Crippen LogP contribution in [0.4, 0.5) is 8.78 Å². The summed E-state index contributed by atoms with van der Waals surface area (Å²) in [5.74, 6) is -2.42. The van der Waals surface area contributed by atoms with E-state index in [0.717, 1.165) is 11.6 Å². The van der Waals surface area contributed by atoms with Crippen LogP contribution in [-0.2, 0) is 19.1 Å². The summed E-state index contributed by atoms with van der Waals surface area (Å²) in [6.45, 7) is 6.70. The Morgan fingerprint density at radius 2 is 1.69 bits per heavy atom. The molecule has 0 radical (unpaired) electrons. The lowest BCUT2D eigenvalue weighted by Crippen LogP contribution is -2.70. The molecule has 0 bridgehead atoms. The van der Waals surface area contributed by atoms with Gasteiger partial charge in [0.1, 0.15) is 12.8 Å². The molecule has 2 aromatic carbocycles. The first-order valence-electron chi connectivity index (χ1n) is 15.9. The van der Waals surface area contributed by atoms with Crippen LogP contribution in [0.5, 0.6) is 0 Å². The first-order valence-corrected chi connectivity index (χ1v) is 15.9. The van der Waals surface area contributed by atoms with Crippen molar-refractivity contribution in [3.63, 3.8) is 0 Å². The van der Waals surface area contributed by atoms with Crippen LogP contribution >= 0.6 is 0 Å². The smallest absolute Gasteiger partial charge is 0.193 e. The zero-order valence-electron chi connectivity index (χ0n) is 26.0. The molecular formula is C37H40F2O6. The largest absolute Gasteiger partial charge is 0.390 e. The molecule has 7 rings (SSSR count). The van der Waals surface area contributed by atoms with Crippen LogP contribution in [0.15, 0.2) is 72.3 Å². The lowest BCUT2D eigenvalue weighted by atomic mass is 9.44. The Kier molecular flexibility index (Phi) is 6.96. The van der Waals surface area contributed by atoms with Crippen LogP contribution in [0, 0.1) is 29.6 Å². The van der Waals surface area contributed by atoms with Gasteiger partial charge in [-0.25, -0.2) is 8.78 Å². The zero-order valence-corrected chi connectivity index (χ0v) is 26.0. The molecule has 0 unspecified atom stereocenters. The van der Waals surface area contributed by atoms with Crippen LogP contribution in [-0.4, -0.2) is 58.0 Å². The first kappa shape index (κ1) is 30.6. The molecule has 0 spiro atoms. The Morgan fingerprint density at radius 3 is 2.33 bits per heavy atom. The number of fused-ring (bicyclic) bond motifs is 7. The molecule has 2 aromatic rings. The van der Waals surface area contributed by atoms with Crippen molar-refractivity contribution in [2.45, 2.75) is 88.8 Å². The first-order chi connectivity index (χ1) is 21.3. The highest BCUT2D eigenvalue weighted by Crippen LogP contribution is 2.72. The van der Waals surface area contributed by atoms with Gasteiger partial charge in [0.2, 0.25) is 0 Å². The van der Waals surface area contributed by atoms with Gasteiger partial charge in [0.15, 0.2) is 29.1 Å². The van der Waals surface area contributed by atoms with Crippen molar-refractivity contribution in [1.82, 2.24) is 0 Å². The maximum atomic E-state index is 17.6. The summed E-state index contributed by atoms with van der Waals surface area (Å²) in [6, 6.07) is 16.2. The fourth-order valence-electron chi connectivity index (χ4n) is 9.70. The number of allylic oxidation sites excluding steroid dienone is 4. The van der Waals surface area contributed by atoms with Crippen LogP contribution in [0.3, 0.4) is 0 Å². The normalized spacial score (nSPS) is 42.3. The molecule has 6 nitrogen and oxygen atoms in total. The number of Topliss-reactive ketones (excluding diaryl/α,β-unsaturated/α-hetero) is 1. The quantitative estimate of drug-likeness (QED) is 0.441. The number of hydrogen-bond donors (Lipinski definition) is 2. The minimum atomic E-state index is -2.28. The summed E-state index contributed by atoms with van der Waals surface area (Å²) >= 11 is 0. The second-order valence-corrected chi connectivity index (χ2v) is 14.3. The van der Waals surface area contributed by atoms with Gasteiger partial charge in [0.25, 0.3) is 0 Å². The summed E-state index contributed by atoms with van der Waals surface area (Å²) in [5.41, 5.74) is -2.40. The number of aryl methyl sites for hydroxylation is 1. The Labute approximate surface area is 262 Å². The van der Waals surface area contributed by atoms with Gasteiger partial charge in [-0.2, -0.15) is 0 Å². The van der Waals surface area contributed by atoms with Crippen molar-refractivity contribution in [2.75, 3.05) is 6.61 Å². The van der Waals surface area contributed by atoms with Gasteiger partial charge in [-0.15, -0.1) is 0 Å². The standard InChI is InChI=1S/C37H40F2O6/c1-20-5-7-22(8-6-20)21(2)23-9-11-24(12-10-23)33-44-32-17-26-27-16-29(38)28-15-25(41)13-14-34(28,3)36(27,39)30(42)18-35(26,4)37(32,45-33)31(43)19-40/h5-15,21,26-27,29-30,32-33,40,42H,16-19H2,1-4H3/t21-,26+,27+,29+,30+,32-,33-,34+,35+,36+,37-/m1/s1. The van der Waals surface area contributed by atoms with Crippen molar-refractivity contribution in [3.8, 4) is 0 Å². The van der Waals surface area contributed by atoms with E-state index in [2.05, 4.69) is 38.1 Å². The zero-order chi connectivity index (χ0) is 32.1. The summed E-state index contributed by atoms with van der Waals surface area (Å²) in [6.07, 6.45) is -1.32. The molecule has 45 heavy (non-hydrogen) atoms. The summed E-state index contributed by atoms with van der Waals surface area (Å²) in [7, 11) is 0. The monoisotopic (exact) mass is 618 g/mol. The Hall–Kier alpha value is -3.04. The lowest BCUT2D eigenvalue weighted by Gasteiger charge is -2.63. The molecule has 4 fully saturated rings. The lowest BCUT2D eigenvalue weighted by molar-refractivity contribution is -0.235. The van der Waals surface area contributed by atoms with E-state index in [0.29, 0.717) is 5.56 Å². The average molecular weight is 619 g/mol. The highest BCUT2D eigenvalue weighted by Gasteiger charge is 2.80. The molecule has 2 N–H and O–H groups in total. The molecule has 0 amide bonds. The highest BCUT2D eigenvalue weighted by atomic mass is 19.1. The predicted octanol–water partition coefficient (Wildman–Crippen LogP) is 5.79. The summed E-state index contributed by atoms with van der Waals surface area (Å²) < 4.78 is 46.4. The van der Waals surface area contributed by atoms with E-state index in [1.165, 1.54) is 23.3 Å². The van der Waals surface area contributed by atoms with Crippen molar-refractivity contribution in [3.05, 3.63) is 94.6 Å². The number of halogens is 2. The number of alkyl halides is 2. The van der Waals surface area contributed by atoms with Gasteiger partial charge in [0.05, 0.1) is 12.2 Å². The van der Waals surface area contributed by atoms with Crippen molar-refractivity contribution in [2.24, 2.45) is 22.7 Å². The fourth-order valence-corrected chi connectivity index (χ4v) is 9.70. The number of ketones is 2. The topological polar surface area (TPSA) is 93.1 Å². The van der Waals surface area contributed by atoms with Gasteiger partial charge in [0, 0.05) is 28.2 Å². The molecule has 1 aliphatic heterocycles. The predicted molar refractivity (Wildman–Crippen MR) is 163 cm³/mol. The Balaban J connectivity index is 1.21. The summed E-state index contributed by atoms with van der Waals surface area (Å²) in [5, 5.41) is 21.9. The number of carbonyl (C=O) groups excluding carboxylic acids is 2. The molecule has 238 valence electrons. The van der Waals surface area contributed by atoms with Gasteiger partial charge < -0.3 is 19.7 Å². The highest BCUT2D eigenvalue weighted by molar-refractivity contribution is 6.01. The van der Waals surface area contributed by atoms with Gasteiger partial charge >= 0.3 is 0 Å². The molecule has 8 heteroatoms. The van der Waals surface area contributed by atoms with Crippen LogP contribution in [0.25, 0.3) is 0 Å². The van der Waals surface area contributed by atoms with Crippen molar-refractivity contribution < 1.29 is 38.1 Å². The third kappa shape index (κ3) is 3.98. The molecule has 5 aliphatic rings. The minimum absolute atomic E-state index is 0.0449. The van der Waals surface area contributed by atoms with E-state index in [9.17, 15) is 19.8 Å². The number of ether oxygens (including phenoxy) is 2. The van der Waals surface area contributed by atoms with E-state index in [4.69, 9.17) is 9.47 Å². The van der Waals surface area contributed by atoms with E-state index >= 15 is 8.78 Å². The van der Waals surface area contributed by atoms with E-state index < -0.39 is 76.8 Å². The number of aliphatic hydroxyl groups is 2. The molecule has 3 saturated carbocycles. The Morgan fingerprint density at radius 1 is 1.04 bits per heavy atom. The van der Waals surface area contributed by atoms with E-state index in [1.807, 2.05) is 24.3 Å². The molecule has 11 atom stereocenters. The second-order valence-electron chi connectivity index (χ2n) is 14.3. The van der Waals surface area contributed by atoms with Gasteiger partial charge in [-0.05, 0) is 67.9 Å². The van der Waals surface area contributed by atoms with E-state index in [-0.39, 0.29) is 30.8 Å². The van der Waals surface area contributed by atoms with Crippen molar-refractivity contribution >= 4 is 11.6 Å². The van der Waals surface area contributed by atoms with Crippen LogP contribution in [0.2, 0.25) is 0 Å². The maximum absolute atomic E-state index is 17.6. The number of hydrogen-bond acceptors (Lipinski definition) is 6. The Bertz CT molecular complexity index is 1600. The third-order valence-corrected chi connectivity index (χ3v) is 12.2.